The van der Waals surface area contributed by atoms with Crippen molar-refractivity contribution in [3.63, 3.8) is 0 Å². The Morgan fingerprint density at radius 1 is 0.247 bits per heavy atom. The van der Waals surface area contributed by atoms with Crippen LogP contribution in [0.15, 0.2) is 343 Å². The van der Waals surface area contributed by atoms with Crippen LogP contribution < -0.4 is 9.81 Å². The summed E-state index contributed by atoms with van der Waals surface area (Å²) in [6, 6.07) is 51.2. The molecule has 0 amide bonds. The molecule has 0 atom stereocenters. The maximum absolute atomic E-state index is 13.1. The Bertz CT molecular complexity index is 3340. The summed E-state index contributed by atoms with van der Waals surface area (Å²) in [7, 11) is 10.7. The van der Waals surface area contributed by atoms with Gasteiger partial charge in [-0.25, -0.2) is 0 Å². The quantitative estimate of drug-likeness (QED) is 0.0126. The number of carbonyl (C=O) groups is 6. The zero-order valence-corrected chi connectivity index (χ0v) is 64.7. The second kappa shape index (κ2) is 40.3. The molecule has 0 bridgehead atoms. The topological polar surface area (TPSA) is 158 Å². The van der Waals surface area contributed by atoms with E-state index in [0.717, 1.165) is 29.4 Å². The Balaban J connectivity index is 1.44. The molecule has 12 nitrogen and oxygen atoms in total. The molecule has 93 heavy (non-hydrogen) atoms. The zero-order valence-electron chi connectivity index (χ0n) is 49.4. The SMILES string of the molecule is C=CC=COC(=O)c1ccc([S][Bi]([S]c2ccc(C(=O)OC=CC=C)cc2)[c]2c[c]([Bi]([S]c3ccc(C(=O)OC=CC=C)cc3)[S]c3ccc(C(=O)OC=CC=C)cc3)c[c]([Bi]([S]c3ccc(C(=O)OC=CC=C)cc3)[S]c3ccc(C(=O)OC=CC=C)cc3)c2)cc1. The predicted molar refractivity (Wildman–Crippen MR) is 385 cm³/mol. The van der Waals surface area contributed by atoms with Gasteiger partial charge in [0.15, 0.2) is 0 Å². The number of esters is 6. The standard InChI is InChI=1S/6C11H10O2S.C6H3.3Bi/c6*1-2-3-8-13-11(12)9-4-6-10(14)7-5-9;1-2-4-6-5-3-1;;;/h6*2-8,14H,1H2;1,4-5H;;;/q;;;;;;;3*+2/p-6. The second-order valence-corrected chi connectivity index (χ2v) is 72.0. The molecule has 0 unspecified atom stereocenters. The third-order valence-electron chi connectivity index (χ3n) is 11.5. The molecule has 0 N–H and O–H groups in total. The van der Waals surface area contributed by atoms with Gasteiger partial charge in [-0.2, -0.15) is 0 Å². The number of carbonyl (C=O) groups excluding carboxylic acids is 6. The first-order valence-corrected chi connectivity index (χ1v) is 62.9. The summed E-state index contributed by atoms with van der Waals surface area (Å²) >= 11 is -10.2. The van der Waals surface area contributed by atoms with Crippen LogP contribution in [0.2, 0.25) is 0 Å². The molecule has 0 aliphatic rings. The van der Waals surface area contributed by atoms with E-state index in [1.54, 1.807) is 124 Å². The van der Waals surface area contributed by atoms with E-state index < -0.39 is 92.3 Å². The summed E-state index contributed by atoms with van der Waals surface area (Å²) in [5.74, 6) is -3.13. The van der Waals surface area contributed by atoms with Crippen molar-refractivity contribution in [2.45, 2.75) is 29.4 Å². The molecule has 7 aromatic carbocycles. The van der Waals surface area contributed by atoms with Crippen LogP contribution in [0.3, 0.4) is 0 Å². The number of allylic oxidation sites excluding steroid dienone is 12. The minimum atomic E-state index is -3.40. The van der Waals surface area contributed by atoms with Gasteiger partial charge in [0.1, 0.15) is 0 Å². The molecule has 7 rings (SSSR count). The molecule has 0 saturated heterocycles. The third kappa shape index (κ3) is 24.4. The number of hydrogen-bond donors (Lipinski definition) is 0. The average molecular weight is 1930 g/mol. The van der Waals surface area contributed by atoms with Crippen molar-refractivity contribution >= 4 is 153 Å². The van der Waals surface area contributed by atoms with E-state index in [-0.39, 0.29) is 0 Å². The van der Waals surface area contributed by atoms with Crippen molar-refractivity contribution in [2.24, 2.45) is 0 Å². The first-order valence-electron chi connectivity index (χ1n) is 27.5. The van der Waals surface area contributed by atoms with Crippen LogP contribution in [0.4, 0.5) is 0 Å². The van der Waals surface area contributed by atoms with Gasteiger partial charge in [-0.3, -0.25) is 0 Å². The fraction of sp³-hybridized carbons (Fsp3) is 0. The van der Waals surface area contributed by atoms with Crippen molar-refractivity contribution in [3.05, 3.63) is 347 Å². The van der Waals surface area contributed by atoms with Gasteiger partial charge in [0.2, 0.25) is 0 Å². The molecule has 0 fully saturated rings. The molecule has 0 radical (unpaired) electrons. The van der Waals surface area contributed by atoms with Crippen LogP contribution in [0, 0.1) is 0 Å². The maximum atomic E-state index is 13.1. The Morgan fingerprint density at radius 2 is 0.387 bits per heavy atom. The van der Waals surface area contributed by atoms with Gasteiger partial charge >= 0.3 is 587 Å². The molecule has 468 valence electrons. The van der Waals surface area contributed by atoms with E-state index in [0.29, 0.717) is 33.4 Å². The van der Waals surface area contributed by atoms with E-state index in [1.807, 2.05) is 72.8 Å². The Labute approximate surface area is 580 Å². The summed E-state index contributed by atoms with van der Waals surface area (Å²) in [4.78, 5) is 84.3. The van der Waals surface area contributed by atoms with Crippen LogP contribution in [0.1, 0.15) is 62.1 Å². The van der Waals surface area contributed by atoms with Gasteiger partial charge in [0.25, 0.3) is 0 Å². The molecular weight excluding hydrogens is 1880 g/mol. The normalized spacial score (nSPS) is 11.4. The fourth-order valence-electron chi connectivity index (χ4n) is 7.10. The molecule has 21 heteroatoms. The van der Waals surface area contributed by atoms with Gasteiger partial charge in [0.05, 0.1) is 0 Å². The Kier molecular flexibility index (Phi) is 31.8. The summed E-state index contributed by atoms with van der Waals surface area (Å²) in [5.41, 5.74) is 2.20. The van der Waals surface area contributed by atoms with Crippen molar-refractivity contribution in [1.29, 1.82) is 0 Å². The number of benzene rings is 7. The summed E-state index contributed by atoms with van der Waals surface area (Å²) in [6.07, 6.45) is 26.0. The van der Waals surface area contributed by atoms with Crippen molar-refractivity contribution in [2.75, 3.05) is 0 Å². The molecule has 0 aliphatic carbocycles. The zero-order chi connectivity index (χ0) is 66.2. The first-order chi connectivity index (χ1) is 45.3. The van der Waals surface area contributed by atoms with Crippen LogP contribution in [-0.4, -0.2) is 92.3 Å². The number of ether oxygens (including phenoxy) is 6. The number of hydrogen-bond acceptors (Lipinski definition) is 18. The van der Waals surface area contributed by atoms with E-state index in [4.69, 9.17) is 28.4 Å². The monoisotopic (exact) mass is 1930 g/mol. The van der Waals surface area contributed by atoms with Crippen LogP contribution in [0.5, 0.6) is 0 Å². The van der Waals surface area contributed by atoms with Crippen molar-refractivity contribution < 1.29 is 57.2 Å². The van der Waals surface area contributed by atoms with E-state index in [1.165, 1.54) is 120 Å². The first kappa shape index (κ1) is 73.4. The van der Waals surface area contributed by atoms with Crippen LogP contribution in [0.25, 0.3) is 0 Å². The molecular formula is C72H57Bi3O12S6. The van der Waals surface area contributed by atoms with Crippen molar-refractivity contribution in [1.82, 2.24) is 0 Å². The molecule has 0 heterocycles. The summed E-state index contributed by atoms with van der Waals surface area (Å²) in [6.45, 7) is 21.9. The van der Waals surface area contributed by atoms with Crippen LogP contribution >= 0.6 is 51.1 Å². The summed E-state index contributed by atoms with van der Waals surface area (Å²) < 4.78 is 35.5. The van der Waals surface area contributed by atoms with E-state index in [2.05, 4.69) is 57.7 Å². The number of rotatable bonds is 33. The molecule has 0 aromatic heterocycles. The van der Waals surface area contributed by atoms with E-state index in [9.17, 15) is 28.8 Å². The van der Waals surface area contributed by atoms with Gasteiger partial charge < -0.3 is 0 Å². The molecule has 0 saturated carbocycles. The van der Waals surface area contributed by atoms with Gasteiger partial charge in [-0.15, -0.1) is 0 Å². The van der Waals surface area contributed by atoms with Gasteiger partial charge in [0, 0.05) is 0 Å². The molecule has 7 aromatic rings. The molecule has 0 aliphatic heterocycles. The van der Waals surface area contributed by atoms with Gasteiger partial charge in [-0.05, 0) is 0 Å². The summed E-state index contributed by atoms with van der Waals surface area (Å²) in [5, 5.41) is 0. The average Bonchev–Trinajstić information content (AvgIpc) is 0.834. The van der Waals surface area contributed by atoms with E-state index >= 15 is 0 Å². The second-order valence-electron chi connectivity index (χ2n) is 18.0. The third-order valence-corrected chi connectivity index (χ3v) is 72.6. The molecule has 0 spiro atoms. The minimum absolute atomic E-state index is 0.366. The van der Waals surface area contributed by atoms with Crippen molar-refractivity contribution in [3.8, 4) is 0 Å². The van der Waals surface area contributed by atoms with Gasteiger partial charge in [-0.1, -0.05) is 0 Å². The van der Waals surface area contributed by atoms with Crippen LogP contribution in [-0.2, 0) is 28.4 Å². The predicted octanol–water partition coefficient (Wildman–Crippen LogP) is 16.7. The Morgan fingerprint density at radius 3 is 0.516 bits per heavy atom. The fourth-order valence-corrected chi connectivity index (χ4v) is 74.0. The Hall–Kier alpha value is -7.01.